The first-order chi connectivity index (χ1) is 13.6. The molecule has 0 bridgehead atoms. The Morgan fingerprint density at radius 3 is 2.50 bits per heavy atom. The van der Waals surface area contributed by atoms with Crippen LogP contribution in [0.4, 0.5) is 11.4 Å². The zero-order valence-corrected chi connectivity index (χ0v) is 15.7. The van der Waals surface area contributed by atoms with Crippen molar-refractivity contribution < 1.29 is 14.3 Å². The van der Waals surface area contributed by atoms with E-state index in [0.717, 1.165) is 33.8 Å². The molecule has 0 aliphatic carbocycles. The first-order valence-corrected chi connectivity index (χ1v) is 9.28. The molecular weight excluding hydrogens is 352 g/mol. The van der Waals surface area contributed by atoms with Crippen molar-refractivity contribution in [1.82, 2.24) is 0 Å². The first kappa shape index (κ1) is 16.7. The minimum atomic E-state index is -0.350. The van der Waals surface area contributed by atoms with Gasteiger partial charge in [0.2, 0.25) is 6.79 Å². The number of anilines is 2. The van der Waals surface area contributed by atoms with Crippen LogP contribution in [-0.4, -0.2) is 12.7 Å². The Kier molecular flexibility index (Phi) is 3.76. The maximum absolute atomic E-state index is 13.6. The summed E-state index contributed by atoms with van der Waals surface area (Å²) in [5.74, 6) is 1.41. The minimum absolute atomic E-state index is 0.0191. The fourth-order valence-electron chi connectivity index (χ4n) is 3.99. The summed E-state index contributed by atoms with van der Waals surface area (Å²) < 4.78 is 11.0. The van der Waals surface area contributed by atoms with Crippen molar-refractivity contribution in [3.8, 4) is 11.5 Å². The van der Waals surface area contributed by atoms with Gasteiger partial charge in [-0.15, -0.1) is 0 Å². The van der Waals surface area contributed by atoms with Crippen LogP contribution in [0.25, 0.3) is 0 Å². The average molecular weight is 372 g/mol. The lowest BCUT2D eigenvalue weighted by molar-refractivity contribution is 0.0974. The van der Waals surface area contributed by atoms with Gasteiger partial charge in [-0.1, -0.05) is 36.4 Å². The first-order valence-electron chi connectivity index (χ1n) is 9.28. The largest absolute Gasteiger partial charge is 0.454 e. The summed E-state index contributed by atoms with van der Waals surface area (Å²) in [5.41, 5.74) is 5.48. The number of fused-ring (bicyclic) bond motifs is 2. The van der Waals surface area contributed by atoms with Gasteiger partial charge in [0.15, 0.2) is 11.5 Å². The molecule has 0 saturated heterocycles. The molecule has 0 aromatic heterocycles. The lowest BCUT2D eigenvalue weighted by atomic mass is 9.99. The van der Waals surface area contributed by atoms with E-state index in [-0.39, 0.29) is 18.9 Å². The maximum Gasteiger partial charge on any atom is 0.262 e. The second-order valence-corrected chi connectivity index (χ2v) is 7.12. The highest BCUT2D eigenvalue weighted by Crippen LogP contribution is 2.42. The molecule has 5 heteroatoms. The molecule has 5 rings (SSSR count). The summed E-state index contributed by atoms with van der Waals surface area (Å²) in [6.07, 6.45) is -0.350. The SMILES string of the molecule is Cc1cccc(C)c1N1C(=O)c2ccccc2NC1c1ccc2c(c1)OCO2. The van der Waals surface area contributed by atoms with Crippen molar-refractivity contribution in [2.45, 2.75) is 20.0 Å². The van der Waals surface area contributed by atoms with Gasteiger partial charge in [-0.2, -0.15) is 0 Å². The average Bonchev–Trinajstić information content (AvgIpc) is 3.17. The van der Waals surface area contributed by atoms with E-state index >= 15 is 0 Å². The summed E-state index contributed by atoms with van der Waals surface area (Å²) in [6.45, 7) is 4.29. The van der Waals surface area contributed by atoms with Crippen LogP contribution in [0.2, 0.25) is 0 Å². The van der Waals surface area contributed by atoms with Gasteiger partial charge in [-0.25, -0.2) is 0 Å². The Hall–Kier alpha value is -3.47. The predicted molar refractivity (Wildman–Crippen MR) is 108 cm³/mol. The third-order valence-corrected chi connectivity index (χ3v) is 5.32. The Bertz CT molecular complexity index is 1070. The third kappa shape index (κ3) is 2.51. The number of benzene rings is 3. The van der Waals surface area contributed by atoms with E-state index in [1.54, 1.807) is 0 Å². The number of para-hydroxylation sites is 2. The molecule has 3 aromatic rings. The fourth-order valence-corrected chi connectivity index (χ4v) is 3.99. The van der Waals surface area contributed by atoms with Gasteiger partial charge in [-0.3, -0.25) is 9.69 Å². The number of rotatable bonds is 2. The van der Waals surface area contributed by atoms with Crippen molar-refractivity contribution in [1.29, 1.82) is 0 Å². The van der Waals surface area contributed by atoms with E-state index in [1.807, 2.05) is 79.4 Å². The smallest absolute Gasteiger partial charge is 0.262 e. The van der Waals surface area contributed by atoms with E-state index in [9.17, 15) is 4.79 Å². The van der Waals surface area contributed by atoms with Crippen molar-refractivity contribution in [3.63, 3.8) is 0 Å². The molecule has 1 N–H and O–H groups in total. The lowest BCUT2D eigenvalue weighted by Crippen LogP contribution is -2.43. The maximum atomic E-state index is 13.6. The fraction of sp³-hybridized carbons (Fsp3) is 0.174. The highest BCUT2D eigenvalue weighted by Gasteiger charge is 2.36. The van der Waals surface area contributed by atoms with Gasteiger partial charge in [0.25, 0.3) is 5.91 Å². The van der Waals surface area contributed by atoms with E-state index in [2.05, 4.69) is 5.32 Å². The lowest BCUT2D eigenvalue weighted by Gasteiger charge is -2.39. The third-order valence-electron chi connectivity index (χ3n) is 5.32. The molecular formula is C23H20N2O3. The molecule has 2 aliphatic heterocycles. The molecule has 3 aromatic carbocycles. The summed E-state index contributed by atoms with van der Waals surface area (Å²) in [6, 6.07) is 19.5. The van der Waals surface area contributed by atoms with Crippen molar-refractivity contribution >= 4 is 17.3 Å². The molecule has 1 unspecified atom stereocenters. The van der Waals surface area contributed by atoms with Crippen LogP contribution in [0.1, 0.15) is 33.2 Å². The van der Waals surface area contributed by atoms with Crippen LogP contribution >= 0.6 is 0 Å². The van der Waals surface area contributed by atoms with Crippen LogP contribution in [-0.2, 0) is 0 Å². The Morgan fingerprint density at radius 1 is 0.929 bits per heavy atom. The normalized spacial score (nSPS) is 17.3. The Morgan fingerprint density at radius 2 is 1.68 bits per heavy atom. The summed E-state index contributed by atoms with van der Waals surface area (Å²) in [4.78, 5) is 15.4. The molecule has 140 valence electrons. The van der Waals surface area contributed by atoms with Gasteiger partial charge in [0.05, 0.1) is 11.3 Å². The van der Waals surface area contributed by atoms with Gasteiger partial charge in [0, 0.05) is 5.69 Å². The monoisotopic (exact) mass is 372 g/mol. The number of carbonyl (C=O) groups excluding carboxylic acids is 1. The highest BCUT2D eigenvalue weighted by molar-refractivity contribution is 6.12. The van der Waals surface area contributed by atoms with Gasteiger partial charge < -0.3 is 14.8 Å². The molecule has 1 amide bonds. The number of nitrogens with zero attached hydrogens (tertiary/aromatic N) is 1. The molecule has 2 heterocycles. The standard InChI is InChI=1S/C23H20N2O3/c1-14-6-5-7-15(2)21(14)25-22(16-10-11-19-20(12-16)28-13-27-19)24-18-9-4-3-8-17(18)23(25)26/h3-12,22,24H,13H2,1-2H3. The zero-order valence-electron chi connectivity index (χ0n) is 15.7. The van der Waals surface area contributed by atoms with Crippen molar-refractivity contribution in [2.24, 2.45) is 0 Å². The number of nitrogens with one attached hydrogen (secondary N) is 1. The quantitative estimate of drug-likeness (QED) is 0.702. The zero-order chi connectivity index (χ0) is 19.3. The number of ether oxygens (including phenoxy) is 2. The topological polar surface area (TPSA) is 50.8 Å². The van der Waals surface area contributed by atoms with Crippen LogP contribution in [0.3, 0.4) is 0 Å². The summed E-state index contributed by atoms with van der Waals surface area (Å²) in [7, 11) is 0. The number of carbonyl (C=O) groups is 1. The van der Waals surface area contributed by atoms with Gasteiger partial charge >= 0.3 is 0 Å². The predicted octanol–water partition coefficient (Wildman–Crippen LogP) is 4.80. The van der Waals surface area contributed by atoms with Crippen LogP contribution < -0.4 is 19.7 Å². The van der Waals surface area contributed by atoms with Crippen LogP contribution in [0.15, 0.2) is 60.7 Å². The number of hydrogen-bond donors (Lipinski definition) is 1. The summed E-state index contributed by atoms with van der Waals surface area (Å²) in [5, 5.41) is 3.55. The Balaban J connectivity index is 1.70. The molecule has 2 aliphatic rings. The second kappa shape index (κ2) is 6.30. The molecule has 5 nitrogen and oxygen atoms in total. The molecule has 0 spiro atoms. The van der Waals surface area contributed by atoms with Crippen LogP contribution in [0.5, 0.6) is 11.5 Å². The van der Waals surface area contributed by atoms with Crippen LogP contribution in [0, 0.1) is 13.8 Å². The molecule has 0 fully saturated rings. The minimum Gasteiger partial charge on any atom is -0.454 e. The molecule has 1 atom stereocenters. The van der Waals surface area contributed by atoms with E-state index < -0.39 is 0 Å². The van der Waals surface area contributed by atoms with Crippen molar-refractivity contribution in [3.05, 3.63) is 82.9 Å². The highest BCUT2D eigenvalue weighted by atomic mass is 16.7. The second-order valence-electron chi connectivity index (χ2n) is 7.12. The number of amides is 1. The van der Waals surface area contributed by atoms with E-state index in [4.69, 9.17) is 9.47 Å². The molecule has 28 heavy (non-hydrogen) atoms. The van der Waals surface area contributed by atoms with Gasteiger partial charge in [-0.05, 0) is 54.8 Å². The van der Waals surface area contributed by atoms with Gasteiger partial charge in [0.1, 0.15) is 6.17 Å². The summed E-state index contributed by atoms with van der Waals surface area (Å²) >= 11 is 0. The molecule has 0 radical (unpaired) electrons. The van der Waals surface area contributed by atoms with E-state index in [1.165, 1.54) is 0 Å². The van der Waals surface area contributed by atoms with Crippen molar-refractivity contribution in [2.75, 3.05) is 17.0 Å². The van der Waals surface area contributed by atoms with E-state index in [0.29, 0.717) is 11.3 Å². The molecule has 0 saturated carbocycles. The number of hydrogen-bond acceptors (Lipinski definition) is 4. The Labute approximate surface area is 163 Å². The number of aryl methyl sites for hydroxylation is 2.